The fourth-order valence-electron chi connectivity index (χ4n) is 1.90. The quantitative estimate of drug-likeness (QED) is 0.811. The number of rotatable bonds is 5. The van der Waals surface area contributed by atoms with Gasteiger partial charge in [-0.25, -0.2) is 4.98 Å². The summed E-state index contributed by atoms with van der Waals surface area (Å²) in [7, 11) is 0. The van der Waals surface area contributed by atoms with Gasteiger partial charge in [-0.15, -0.1) is 0 Å². The van der Waals surface area contributed by atoms with Crippen molar-refractivity contribution in [1.82, 2.24) is 9.55 Å². The second kappa shape index (κ2) is 5.71. The van der Waals surface area contributed by atoms with Gasteiger partial charge in [-0.3, -0.25) is 4.57 Å². The van der Waals surface area contributed by atoms with E-state index in [1.165, 1.54) is 18.4 Å². The van der Waals surface area contributed by atoms with Crippen LogP contribution in [0.3, 0.4) is 0 Å². The lowest BCUT2D eigenvalue weighted by molar-refractivity contribution is 0.823. The van der Waals surface area contributed by atoms with E-state index in [1.807, 2.05) is 6.92 Å². The van der Waals surface area contributed by atoms with Gasteiger partial charge in [-0.05, 0) is 32.4 Å². The van der Waals surface area contributed by atoms with Crippen molar-refractivity contribution in [3.05, 3.63) is 41.7 Å². The molecule has 2 rings (SSSR count). The smallest absolute Gasteiger partial charge is 0.207 e. The van der Waals surface area contributed by atoms with Gasteiger partial charge in [0.2, 0.25) is 5.95 Å². The van der Waals surface area contributed by atoms with Crippen LogP contribution in [0.5, 0.6) is 0 Å². The van der Waals surface area contributed by atoms with Gasteiger partial charge in [0.05, 0.1) is 5.69 Å². The van der Waals surface area contributed by atoms with Gasteiger partial charge in [0.1, 0.15) is 0 Å². The third-order valence-electron chi connectivity index (χ3n) is 2.95. The number of hydrogen-bond acceptors (Lipinski definition) is 2. The lowest BCUT2D eigenvalue weighted by Gasteiger charge is -2.09. The van der Waals surface area contributed by atoms with Crippen molar-refractivity contribution in [2.75, 3.05) is 11.9 Å². The Labute approximate surface area is 109 Å². The van der Waals surface area contributed by atoms with E-state index < -0.39 is 0 Å². The molecule has 2 aromatic rings. The first-order chi connectivity index (χ1) is 8.70. The molecule has 0 aliphatic rings. The molecule has 0 radical (unpaired) electrons. The molecular weight excluding hydrogens is 222 g/mol. The third-order valence-corrected chi connectivity index (χ3v) is 2.95. The summed E-state index contributed by atoms with van der Waals surface area (Å²) in [5.41, 5.74) is 3.46. The highest BCUT2D eigenvalue weighted by atomic mass is 15.2. The molecule has 0 unspecified atom stereocenters. The van der Waals surface area contributed by atoms with Crippen LogP contribution in [0.25, 0.3) is 5.69 Å². The Bertz CT molecular complexity index is 497. The van der Waals surface area contributed by atoms with Crippen molar-refractivity contribution in [1.29, 1.82) is 0 Å². The van der Waals surface area contributed by atoms with Gasteiger partial charge in [-0.2, -0.15) is 0 Å². The van der Waals surface area contributed by atoms with Crippen molar-refractivity contribution in [3.8, 4) is 5.69 Å². The molecule has 0 spiro atoms. The summed E-state index contributed by atoms with van der Waals surface area (Å²) in [5, 5.41) is 3.40. The van der Waals surface area contributed by atoms with Crippen molar-refractivity contribution in [2.24, 2.45) is 0 Å². The first-order valence-corrected chi connectivity index (χ1v) is 6.57. The third kappa shape index (κ3) is 2.92. The first kappa shape index (κ1) is 12.7. The molecule has 96 valence electrons. The molecule has 0 fully saturated rings. The standard InChI is InChI=1S/C15H21N3/c1-4-5-10-16-15-17-13(3)11-18(15)14-8-6-12(2)7-9-14/h6-9,11H,4-5,10H2,1-3H3,(H,16,17). The van der Waals surface area contributed by atoms with Crippen molar-refractivity contribution >= 4 is 5.95 Å². The maximum Gasteiger partial charge on any atom is 0.207 e. The average molecular weight is 243 g/mol. The van der Waals surface area contributed by atoms with E-state index in [2.05, 4.69) is 59.2 Å². The SMILES string of the molecule is CCCCNc1nc(C)cn1-c1ccc(C)cc1. The van der Waals surface area contributed by atoms with Gasteiger partial charge < -0.3 is 5.32 Å². The van der Waals surface area contributed by atoms with Gasteiger partial charge in [-0.1, -0.05) is 31.0 Å². The molecule has 1 N–H and O–H groups in total. The molecule has 1 aromatic carbocycles. The Morgan fingerprint density at radius 1 is 1.17 bits per heavy atom. The van der Waals surface area contributed by atoms with Crippen LogP contribution in [0.2, 0.25) is 0 Å². The second-order valence-corrected chi connectivity index (χ2v) is 4.69. The number of imidazole rings is 1. The first-order valence-electron chi connectivity index (χ1n) is 6.57. The molecule has 3 nitrogen and oxygen atoms in total. The summed E-state index contributed by atoms with van der Waals surface area (Å²) in [5.74, 6) is 0.935. The van der Waals surface area contributed by atoms with E-state index in [1.54, 1.807) is 0 Å². The Morgan fingerprint density at radius 2 is 1.89 bits per heavy atom. The van der Waals surface area contributed by atoms with E-state index >= 15 is 0 Å². The minimum atomic E-state index is 0.935. The summed E-state index contributed by atoms with van der Waals surface area (Å²) in [6.07, 6.45) is 4.43. The second-order valence-electron chi connectivity index (χ2n) is 4.69. The fraction of sp³-hybridized carbons (Fsp3) is 0.400. The number of hydrogen-bond donors (Lipinski definition) is 1. The van der Waals surface area contributed by atoms with Crippen LogP contribution in [0.1, 0.15) is 31.0 Å². The number of benzene rings is 1. The fourth-order valence-corrected chi connectivity index (χ4v) is 1.90. The van der Waals surface area contributed by atoms with Crippen LogP contribution >= 0.6 is 0 Å². The van der Waals surface area contributed by atoms with E-state index in [4.69, 9.17) is 0 Å². The lowest BCUT2D eigenvalue weighted by Crippen LogP contribution is -2.07. The van der Waals surface area contributed by atoms with Gasteiger partial charge in [0.15, 0.2) is 0 Å². The molecule has 1 aromatic heterocycles. The molecule has 0 bridgehead atoms. The Hall–Kier alpha value is -1.77. The summed E-state index contributed by atoms with van der Waals surface area (Å²) in [4.78, 5) is 4.53. The number of nitrogens with one attached hydrogen (secondary N) is 1. The molecule has 0 atom stereocenters. The number of nitrogens with zero attached hydrogens (tertiary/aromatic N) is 2. The zero-order valence-corrected chi connectivity index (χ0v) is 11.4. The predicted octanol–water partition coefficient (Wildman–Crippen LogP) is 3.70. The van der Waals surface area contributed by atoms with Crippen LogP contribution in [-0.2, 0) is 0 Å². The van der Waals surface area contributed by atoms with E-state index in [-0.39, 0.29) is 0 Å². The van der Waals surface area contributed by atoms with Crippen molar-refractivity contribution in [3.63, 3.8) is 0 Å². The molecule has 0 aliphatic heterocycles. The molecule has 1 heterocycles. The summed E-state index contributed by atoms with van der Waals surface area (Å²) < 4.78 is 2.12. The summed E-state index contributed by atoms with van der Waals surface area (Å²) in [6, 6.07) is 8.50. The van der Waals surface area contributed by atoms with E-state index in [0.717, 1.165) is 23.9 Å². The van der Waals surface area contributed by atoms with Gasteiger partial charge in [0, 0.05) is 18.4 Å². The van der Waals surface area contributed by atoms with E-state index in [9.17, 15) is 0 Å². The summed E-state index contributed by atoms with van der Waals surface area (Å²) >= 11 is 0. The predicted molar refractivity (Wildman–Crippen MR) is 76.4 cm³/mol. The number of unbranched alkanes of at least 4 members (excludes halogenated alkanes) is 1. The van der Waals surface area contributed by atoms with Gasteiger partial charge in [0.25, 0.3) is 0 Å². The number of anilines is 1. The maximum atomic E-state index is 4.53. The minimum Gasteiger partial charge on any atom is -0.355 e. The molecule has 18 heavy (non-hydrogen) atoms. The van der Waals surface area contributed by atoms with Crippen LogP contribution in [0.4, 0.5) is 5.95 Å². The topological polar surface area (TPSA) is 29.9 Å². The average Bonchev–Trinajstić information content (AvgIpc) is 2.72. The Kier molecular flexibility index (Phi) is 4.03. The normalized spacial score (nSPS) is 10.6. The zero-order chi connectivity index (χ0) is 13.0. The molecule has 0 aliphatic carbocycles. The summed E-state index contributed by atoms with van der Waals surface area (Å²) in [6.45, 7) is 7.29. The van der Waals surface area contributed by atoms with Crippen LogP contribution in [0.15, 0.2) is 30.5 Å². The highest BCUT2D eigenvalue weighted by molar-refractivity contribution is 5.43. The lowest BCUT2D eigenvalue weighted by atomic mass is 10.2. The van der Waals surface area contributed by atoms with Crippen LogP contribution in [0, 0.1) is 13.8 Å². The van der Waals surface area contributed by atoms with Crippen LogP contribution < -0.4 is 5.32 Å². The largest absolute Gasteiger partial charge is 0.355 e. The van der Waals surface area contributed by atoms with E-state index in [0.29, 0.717) is 0 Å². The highest BCUT2D eigenvalue weighted by Gasteiger charge is 2.06. The number of aromatic nitrogens is 2. The molecule has 0 saturated carbocycles. The molecule has 0 amide bonds. The monoisotopic (exact) mass is 243 g/mol. The highest BCUT2D eigenvalue weighted by Crippen LogP contribution is 2.17. The van der Waals surface area contributed by atoms with Crippen LogP contribution in [-0.4, -0.2) is 16.1 Å². The molecule has 0 saturated heterocycles. The Morgan fingerprint density at radius 3 is 2.56 bits per heavy atom. The van der Waals surface area contributed by atoms with Crippen molar-refractivity contribution in [2.45, 2.75) is 33.6 Å². The maximum absolute atomic E-state index is 4.53. The molecular formula is C15H21N3. The van der Waals surface area contributed by atoms with Crippen molar-refractivity contribution < 1.29 is 0 Å². The minimum absolute atomic E-state index is 0.935. The Balaban J connectivity index is 2.23. The van der Waals surface area contributed by atoms with Gasteiger partial charge >= 0.3 is 0 Å². The molecule has 3 heteroatoms. The zero-order valence-electron chi connectivity index (χ0n) is 11.4. The number of aryl methyl sites for hydroxylation is 2.